The molecule has 0 unspecified atom stereocenters. The van der Waals surface area contributed by atoms with Crippen LogP contribution in [0.25, 0.3) is 11.0 Å². The molecule has 0 aliphatic carbocycles. The van der Waals surface area contributed by atoms with Crippen LogP contribution in [0.3, 0.4) is 0 Å². The van der Waals surface area contributed by atoms with Crippen LogP contribution in [0.5, 0.6) is 0 Å². The molecule has 16 heavy (non-hydrogen) atoms. The Balaban J connectivity index is 2.54. The van der Waals surface area contributed by atoms with E-state index in [0.717, 1.165) is 23.4 Å². The summed E-state index contributed by atoms with van der Waals surface area (Å²) < 4.78 is 7.11. The molecule has 0 amide bonds. The molecule has 0 aliphatic rings. The largest absolute Gasteiger partial charge is 0.383 e. The van der Waals surface area contributed by atoms with Crippen LogP contribution in [-0.2, 0) is 17.2 Å². The highest BCUT2D eigenvalue weighted by Crippen LogP contribution is 2.24. The molecule has 0 spiro atoms. The van der Waals surface area contributed by atoms with Gasteiger partial charge in [0.2, 0.25) is 0 Å². The lowest BCUT2D eigenvalue weighted by atomic mass is 10.3. The first-order valence-electron chi connectivity index (χ1n) is 4.96. The molecule has 1 aromatic carbocycles. The van der Waals surface area contributed by atoms with E-state index >= 15 is 0 Å². The Labute approximate surface area is 104 Å². The van der Waals surface area contributed by atoms with Crippen molar-refractivity contribution < 1.29 is 4.74 Å². The monoisotopic (exact) mass is 258 g/mol. The lowest BCUT2D eigenvalue weighted by molar-refractivity contribution is 0.187. The first kappa shape index (κ1) is 11.7. The molecule has 0 bridgehead atoms. The van der Waals surface area contributed by atoms with E-state index < -0.39 is 0 Å². The van der Waals surface area contributed by atoms with Gasteiger partial charge in [0.1, 0.15) is 11.3 Å². The third kappa shape index (κ3) is 2.03. The van der Waals surface area contributed by atoms with Gasteiger partial charge in [-0.25, -0.2) is 4.98 Å². The van der Waals surface area contributed by atoms with Gasteiger partial charge < -0.3 is 9.30 Å². The van der Waals surface area contributed by atoms with E-state index in [1.165, 1.54) is 0 Å². The summed E-state index contributed by atoms with van der Waals surface area (Å²) in [5.41, 5.74) is 1.80. The van der Waals surface area contributed by atoms with Crippen molar-refractivity contribution in [3.05, 3.63) is 29.0 Å². The van der Waals surface area contributed by atoms with Gasteiger partial charge >= 0.3 is 0 Å². The third-order valence-corrected chi connectivity index (χ3v) is 2.99. The molecule has 0 aliphatic heterocycles. The number of para-hydroxylation sites is 1. The van der Waals surface area contributed by atoms with Crippen LogP contribution >= 0.6 is 23.2 Å². The normalized spacial score (nSPS) is 11.2. The molecule has 2 rings (SSSR count). The summed E-state index contributed by atoms with van der Waals surface area (Å²) in [6.07, 6.45) is 0. The number of halogens is 2. The summed E-state index contributed by atoms with van der Waals surface area (Å²) in [6.45, 7) is 1.36. The number of hydrogen-bond donors (Lipinski definition) is 0. The van der Waals surface area contributed by atoms with E-state index in [0.29, 0.717) is 17.5 Å². The molecule has 0 radical (unpaired) electrons. The Morgan fingerprint density at radius 3 is 2.94 bits per heavy atom. The number of benzene rings is 1. The van der Waals surface area contributed by atoms with Gasteiger partial charge in [0, 0.05) is 13.7 Å². The molecule has 1 heterocycles. The molecule has 0 saturated carbocycles. The van der Waals surface area contributed by atoms with E-state index in [2.05, 4.69) is 4.98 Å². The third-order valence-electron chi connectivity index (χ3n) is 2.45. The zero-order valence-electron chi connectivity index (χ0n) is 8.91. The fraction of sp³-hybridized carbons (Fsp3) is 0.364. The van der Waals surface area contributed by atoms with Crippen LogP contribution in [0.1, 0.15) is 5.82 Å². The quantitative estimate of drug-likeness (QED) is 0.789. The van der Waals surface area contributed by atoms with Crippen molar-refractivity contribution in [2.45, 2.75) is 12.4 Å². The van der Waals surface area contributed by atoms with Crippen molar-refractivity contribution in [3.63, 3.8) is 0 Å². The van der Waals surface area contributed by atoms with Crippen LogP contribution < -0.4 is 0 Å². The molecule has 5 heteroatoms. The molecule has 86 valence electrons. The summed E-state index contributed by atoms with van der Waals surface area (Å²) in [5.74, 6) is 1.19. The number of hydrogen-bond acceptors (Lipinski definition) is 2. The number of rotatable bonds is 4. The van der Waals surface area contributed by atoms with E-state index in [-0.39, 0.29) is 0 Å². The molecule has 3 nitrogen and oxygen atoms in total. The topological polar surface area (TPSA) is 27.1 Å². The lowest BCUT2D eigenvalue weighted by Crippen LogP contribution is -2.07. The molecule has 2 aromatic rings. The van der Waals surface area contributed by atoms with Crippen molar-refractivity contribution in [1.29, 1.82) is 0 Å². The van der Waals surface area contributed by atoms with Crippen LogP contribution in [0.15, 0.2) is 18.2 Å². The van der Waals surface area contributed by atoms with E-state index in [4.69, 9.17) is 27.9 Å². The van der Waals surface area contributed by atoms with Gasteiger partial charge in [0.25, 0.3) is 0 Å². The van der Waals surface area contributed by atoms with E-state index in [1.807, 2.05) is 22.8 Å². The fourth-order valence-electron chi connectivity index (χ4n) is 1.69. The summed E-state index contributed by atoms with van der Waals surface area (Å²) in [7, 11) is 1.67. The van der Waals surface area contributed by atoms with Crippen LogP contribution in [0, 0.1) is 0 Å². The Bertz CT molecular complexity index is 496. The number of imidazole rings is 1. The number of aromatic nitrogens is 2. The summed E-state index contributed by atoms with van der Waals surface area (Å²) in [5, 5.41) is 0.653. The van der Waals surface area contributed by atoms with Gasteiger partial charge in [-0.15, -0.1) is 11.6 Å². The average Bonchev–Trinajstić information content (AvgIpc) is 2.66. The van der Waals surface area contributed by atoms with Crippen LogP contribution in [0.2, 0.25) is 5.02 Å². The fourth-order valence-corrected chi connectivity index (χ4v) is 2.11. The maximum atomic E-state index is 6.08. The number of methoxy groups -OCH3 is 1. The van der Waals surface area contributed by atoms with Gasteiger partial charge in [-0.1, -0.05) is 17.7 Å². The standard InChI is InChI=1S/C11H12Cl2N2O/c1-16-6-5-15-9-4-2-3-8(13)11(9)14-10(15)7-12/h2-4H,5-7H2,1H3. The Morgan fingerprint density at radius 1 is 1.44 bits per heavy atom. The van der Waals surface area contributed by atoms with Crippen molar-refractivity contribution in [2.75, 3.05) is 13.7 Å². The molecule has 0 N–H and O–H groups in total. The van der Waals surface area contributed by atoms with E-state index in [1.54, 1.807) is 7.11 Å². The molecule has 0 atom stereocenters. The number of nitrogens with zero attached hydrogens (tertiary/aromatic N) is 2. The summed E-state index contributed by atoms with van der Waals surface area (Å²) >= 11 is 12.0. The smallest absolute Gasteiger partial charge is 0.124 e. The second-order valence-corrected chi connectivity index (χ2v) is 4.09. The predicted octanol–water partition coefficient (Wildman–Crippen LogP) is 3.07. The first-order valence-corrected chi connectivity index (χ1v) is 5.87. The molecule has 0 fully saturated rings. The highest BCUT2D eigenvalue weighted by atomic mass is 35.5. The Hall–Kier alpha value is -0.770. The van der Waals surface area contributed by atoms with Gasteiger partial charge in [-0.05, 0) is 12.1 Å². The van der Waals surface area contributed by atoms with Crippen molar-refractivity contribution in [1.82, 2.24) is 9.55 Å². The Kier molecular flexibility index (Phi) is 3.69. The maximum Gasteiger partial charge on any atom is 0.124 e. The van der Waals surface area contributed by atoms with Crippen LogP contribution in [0.4, 0.5) is 0 Å². The molecular formula is C11H12Cl2N2O. The van der Waals surface area contributed by atoms with Gasteiger partial charge in [-0.3, -0.25) is 0 Å². The highest BCUT2D eigenvalue weighted by Gasteiger charge is 2.11. The predicted molar refractivity (Wildman–Crippen MR) is 66.2 cm³/mol. The lowest BCUT2D eigenvalue weighted by Gasteiger charge is -2.06. The minimum Gasteiger partial charge on any atom is -0.383 e. The van der Waals surface area contributed by atoms with Crippen molar-refractivity contribution in [3.8, 4) is 0 Å². The number of ether oxygens (including phenoxy) is 1. The van der Waals surface area contributed by atoms with Gasteiger partial charge in [-0.2, -0.15) is 0 Å². The van der Waals surface area contributed by atoms with Crippen LogP contribution in [-0.4, -0.2) is 23.3 Å². The first-order chi connectivity index (χ1) is 7.77. The second kappa shape index (κ2) is 5.04. The van der Waals surface area contributed by atoms with Gasteiger partial charge in [0.15, 0.2) is 0 Å². The van der Waals surface area contributed by atoms with Gasteiger partial charge in [0.05, 0.1) is 23.0 Å². The second-order valence-electron chi connectivity index (χ2n) is 3.41. The summed E-state index contributed by atoms with van der Waals surface area (Å²) in [4.78, 5) is 4.43. The minimum atomic E-state index is 0.370. The van der Waals surface area contributed by atoms with Crippen molar-refractivity contribution in [2.24, 2.45) is 0 Å². The molecular weight excluding hydrogens is 247 g/mol. The minimum absolute atomic E-state index is 0.370. The average molecular weight is 259 g/mol. The zero-order chi connectivity index (χ0) is 11.5. The van der Waals surface area contributed by atoms with Crippen molar-refractivity contribution >= 4 is 34.2 Å². The number of fused-ring (bicyclic) bond motifs is 1. The summed E-state index contributed by atoms with van der Waals surface area (Å²) in [6, 6.07) is 5.73. The molecule has 0 saturated heterocycles. The molecule has 1 aromatic heterocycles. The van der Waals surface area contributed by atoms with E-state index in [9.17, 15) is 0 Å². The zero-order valence-corrected chi connectivity index (χ0v) is 10.4. The highest BCUT2D eigenvalue weighted by molar-refractivity contribution is 6.34. The maximum absolute atomic E-state index is 6.08. The number of alkyl halides is 1. The SMILES string of the molecule is COCCn1c(CCl)nc2c(Cl)cccc21. The Morgan fingerprint density at radius 2 is 2.25 bits per heavy atom.